The molecule has 1 aliphatic rings. The van der Waals surface area contributed by atoms with Crippen molar-refractivity contribution in [3.8, 4) is 0 Å². The van der Waals surface area contributed by atoms with Crippen LogP contribution in [0.15, 0.2) is 30.3 Å². The Kier molecular flexibility index (Phi) is 3.75. The Bertz CT molecular complexity index is 278. The first-order valence-electron chi connectivity index (χ1n) is 6.10. The zero-order valence-corrected chi connectivity index (χ0v) is 9.41. The molecule has 0 saturated carbocycles. The third-order valence-electron chi connectivity index (χ3n) is 3.48. The normalized spacial score (nSPS) is 20.1. The van der Waals surface area contributed by atoms with E-state index in [1.54, 1.807) is 4.90 Å². The number of rotatable bonds is 3. The van der Waals surface area contributed by atoms with E-state index < -0.39 is 0 Å². The molecule has 82 valence electrons. The van der Waals surface area contributed by atoms with Crippen LogP contribution in [0.1, 0.15) is 30.9 Å². The second kappa shape index (κ2) is 5.29. The maximum Gasteiger partial charge on any atom is 0.162 e. The minimum Gasteiger partial charge on any atom is -0.352 e. The SMILES string of the molecule is [NH3+]C[C@@H](c1ccccc1)[NH+]1CCCCC1. The van der Waals surface area contributed by atoms with Crippen LogP contribution in [0.5, 0.6) is 0 Å². The van der Waals surface area contributed by atoms with Crippen LogP contribution in [0, 0.1) is 0 Å². The molecule has 1 aliphatic heterocycles. The van der Waals surface area contributed by atoms with Crippen LogP contribution >= 0.6 is 0 Å². The van der Waals surface area contributed by atoms with E-state index in [-0.39, 0.29) is 0 Å². The monoisotopic (exact) mass is 206 g/mol. The fourth-order valence-electron chi connectivity index (χ4n) is 2.65. The molecule has 0 spiro atoms. The Balaban J connectivity index is 2.09. The number of likely N-dealkylation sites (tertiary alicyclic amines) is 1. The van der Waals surface area contributed by atoms with E-state index in [1.807, 2.05) is 0 Å². The first-order chi connectivity index (χ1) is 7.42. The minimum atomic E-state index is 0.617. The number of quaternary nitrogens is 2. The van der Waals surface area contributed by atoms with E-state index in [0.29, 0.717) is 6.04 Å². The summed E-state index contributed by atoms with van der Waals surface area (Å²) < 4.78 is 0. The summed E-state index contributed by atoms with van der Waals surface area (Å²) in [6.45, 7) is 3.67. The highest BCUT2D eigenvalue weighted by Crippen LogP contribution is 2.09. The summed E-state index contributed by atoms with van der Waals surface area (Å²) in [5.41, 5.74) is 5.58. The summed E-state index contributed by atoms with van der Waals surface area (Å²) in [5, 5.41) is 0. The lowest BCUT2D eigenvalue weighted by molar-refractivity contribution is -0.942. The van der Waals surface area contributed by atoms with Crippen LogP contribution in [0.3, 0.4) is 0 Å². The van der Waals surface area contributed by atoms with Crippen LogP contribution in [0.2, 0.25) is 0 Å². The quantitative estimate of drug-likeness (QED) is 0.700. The molecule has 1 atom stereocenters. The average Bonchev–Trinajstić information content (AvgIpc) is 2.33. The van der Waals surface area contributed by atoms with Gasteiger partial charge in [0.1, 0.15) is 6.54 Å². The highest BCUT2D eigenvalue weighted by molar-refractivity contribution is 5.17. The van der Waals surface area contributed by atoms with E-state index in [1.165, 1.54) is 37.9 Å². The smallest absolute Gasteiger partial charge is 0.162 e. The van der Waals surface area contributed by atoms with Crippen molar-refractivity contribution in [1.82, 2.24) is 0 Å². The molecule has 0 aliphatic carbocycles. The van der Waals surface area contributed by atoms with Crippen molar-refractivity contribution in [1.29, 1.82) is 0 Å². The fraction of sp³-hybridized carbons (Fsp3) is 0.538. The van der Waals surface area contributed by atoms with Gasteiger partial charge in [0.2, 0.25) is 0 Å². The van der Waals surface area contributed by atoms with Gasteiger partial charge in [0.05, 0.1) is 13.1 Å². The van der Waals surface area contributed by atoms with Crippen molar-refractivity contribution in [3.63, 3.8) is 0 Å². The molecule has 1 fully saturated rings. The maximum absolute atomic E-state index is 4.12. The number of piperidine rings is 1. The lowest BCUT2D eigenvalue weighted by Gasteiger charge is -2.29. The maximum atomic E-state index is 4.12. The molecule has 0 amide bonds. The summed E-state index contributed by atoms with van der Waals surface area (Å²) in [4.78, 5) is 1.74. The Labute approximate surface area is 92.1 Å². The highest BCUT2D eigenvalue weighted by atomic mass is 15.2. The van der Waals surface area contributed by atoms with Crippen LogP contribution in [-0.2, 0) is 0 Å². The highest BCUT2D eigenvalue weighted by Gasteiger charge is 2.25. The van der Waals surface area contributed by atoms with Crippen molar-refractivity contribution < 1.29 is 10.6 Å². The van der Waals surface area contributed by atoms with Gasteiger partial charge in [0.15, 0.2) is 6.04 Å². The van der Waals surface area contributed by atoms with Gasteiger partial charge >= 0.3 is 0 Å². The lowest BCUT2D eigenvalue weighted by atomic mass is 10.0. The van der Waals surface area contributed by atoms with Gasteiger partial charge in [-0.25, -0.2) is 0 Å². The van der Waals surface area contributed by atoms with Crippen molar-refractivity contribution in [2.75, 3.05) is 19.6 Å². The minimum absolute atomic E-state index is 0.617. The Morgan fingerprint density at radius 3 is 2.33 bits per heavy atom. The molecular formula is C13H22N2+2. The average molecular weight is 206 g/mol. The molecule has 2 nitrogen and oxygen atoms in total. The number of nitrogens with one attached hydrogen (secondary N) is 1. The summed E-state index contributed by atoms with van der Waals surface area (Å²) in [5.74, 6) is 0. The summed E-state index contributed by atoms with van der Waals surface area (Å²) in [6, 6.07) is 11.5. The Morgan fingerprint density at radius 1 is 1.07 bits per heavy atom. The van der Waals surface area contributed by atoms with E-state index in [4.69, 9.17) is 0 Å². The van der Waals surface area contributed by atoms with Gasteiger partial charge < -0.3 is 10.6 Å². The van der Waals surface area contributed by atoms with Gasteiger partial charge in [-0.15, -0.1) is 0 Å². The Morgan fingerprint density at radius 2 is 1.73 bits per heavy atom. The molecule has 2 rings (SSSR count). The predicted octanol–water partition coefficient (Wildman–Crippen LogP) is 0.0384. The van der Waals surface area contributed by atoms with Gasteiger partial charge in [0.25, 0.3) is 0 Å². The van der Waals surface area contributed by atoms with E-state index in [0.717, 1.165) is 6.54 Å². The molecule has 4 N–H and O–H groups in total. The van der Waals surface area contributed by atoms with Gasteiger partial charge in [-0.1, -0.05) is 30.3 Å². The van der Waals surface area contributed by atoms with Gasteiger partial charge in [-0.05, 0) is 19.3 Å². The van der Waals surface area contributed by atoms with Crippen molar-refractivity contribution >= 4 is 0 Å². The van der Waals surface area contributed by atoms with E-state index in [9.17, 15) is 0 Å². The van der Waals surface area contributed by atoms with Crippen molar-refractivity contribution in [3.05, 3.63) is 35.9 Å². The molecule has 0 unspecified atom stereocenters. The third kappa shape index (κ3) is 2.58. The fourth-order valence-corrected chi connectivity index (χ4v) is 2.65. The summed E-state index contributed by atoms with van der Waals surface area (Å²) in [6.07, 6.45) is 4.19. The first-order valence-corrected chi connectivity index (χ1v) is 6.10. The second-order valence-electron chi connectivity index (χ2n) is 4.47. The zero-order valence-electron chi connectivity index (χ0n) is 9.41. The van der Waals surface area contributed by atoms with Crippen LogP contribution in [0.4, 0.5) is 0 Å². The van der Waals surface area contributed by atoms with Crippen LogP contribution in [-0.4, -0.2) is 19.6 Å². The van der Waals surface area contributed by atoms with Gasteiger partial charge in [-0.3, -0.25) is 0 Å². The molecule has 0 aromatic heterocycles. The summed E-state index contributed by atoms with van der Waals surface area (Å²) >= 11 is 0. The van der Waals surface area contributed by atoms with Gasteiger partial charge in [-0.2, -0.15) is 0 Å². The molecule has 1 heterocycles. The topological polar surface area (TPSA) is 32.1 Å². The molecule has 0 bridgehead atoms. The lowest BCUT2D eigenvalue weighted by Crippen LogP contribution is -3.14. The van der Waals surface area contributed by atoms with E-state index >= 15 is 0 Å². The first kappa shape index (κ1) is 10.7. The van der Waals surface area contributed by atoms with Crippen molar-refractivity contribution in [2.45, 2.75) is 25.3 Å². The molecule has 2 heteroatoms. The number of benzene rings is 1. The number of hydrogen-bond acceptors (Lipinski definition) is 0. The Hall–Kier alpha value is -0.860. The molecule has 15 heavy (non-hydrogen) atoms. The molecular weight excluding hydrogens is 184 g/mol. The molecule has 1 saturated heterocycles. The summed E-state index contributed by atoms with van der Waals surface area (Å²) in [7, 11) is 0. The largest absolute Gasteiger partial charge is 0.352 e. The standard InChI is InChI=1S/C13H20N2/c14-11-13(12-7-3-1-4-8-12)15-9-5-2-6-10-15/h1,3-4,7-8,13H,2,5-6,9-11,14H2/p+2/t13-/m0/s1. The molecule has 1 aromatic rings. The zero-order chi connectivity index (χ0) is 10.5. The van der Waals surface area contributed by atoms with Gasteiger partial charge in [0, 0.05) is 5.56 Å². The molecule has 0 radical (unpaired) electrons. The van der Waals surface area contributed by atoms with E-state index in [2.05, 4.69) is 36.1 Å². The predicted molar refractivity (Wildman–Crippen MR) is 61.5 cm³/mol. The van der Waals surface area contributed by atoms with Crippen LogP contribution < -0.4 is 10.6 Å². The third-order valence-corrected chi connectivity index (χ3v) is 3.48. The second-order valence-corrected chi connectivity index (χ2v) is 4.47. The number of hydrogen-bond donors (Lipinski definition) is 2. The molecule has 1 aromatic carbocycles. The van der Waals surface area contributed by atoms with Crippen LogP contribution in [0.25, 0.3) is 0 Å². The van der Waals surface area contributed by atoms with Crippen molar-refractivity contribution in [2.24, 2.45) is 0 Å².